The van der Waals surface area contributed by atoms with E-state index < -0.39 is 12.1 Å². The van der Waals surface area contributed by atoms with Crippen molar-refractivity contribution in [1.29, 1.82) is 0 Å². The molecule has 4 aromatic rings. The van der Waals surface area contributed by atoms with Gasteiger partial charge in [0, 0.05) is 0 Å². The van der Waals surface area contributed by atoms with E-state index in [1.54, 1.807) is 0 Å². The van der Waals surface area contributed by atoms with E-state index in [9.17, 15) is 0 Å². The zero-order valence-corrected chi connectivity index (χ0v) is 20.5. The van der Waals surface area contributed by atoms with Crippen LogP contribution in [-0.2, 0) is 0 Å². The predicted octanol–water partition coefficient (Wildman–Crippen LogP) is 4.81. The summed E-state index contributed by atoms with van der Waals surface area (Å²) in [5, 5.41) is 0. The SMILES string of the molecule is CN(C(=S)[S][Ge]([c]1ccccc1)([c]1ccccc1)[c]1ccccc1)c1ccccc1. The molecular formula is C26H23GeNS2. The predicted molar refractivity (Wildman–Crippen MR) is 139 cm³/mol. The van der Waals surface area contributed by atoms with Crippen molar-refractivity contribution in [3.8, 4) is 0 Å². The zero-order chi connectivity index (χ0) is 20.8. The van der Waals surface area contributed by atoms with Crippen LogP contribution in [0.4, 0.5) is 5.69 Å². The van der Waals surface area contributed by atoms with Gasteiger partial charge in [-0.25, -0.2) is 0 Å². The summed E-state index contributed by atoms with van der Waals surface area (Å²) in [7, 11) is 3.97. The average molecular weight is 486 g/mol. The number of hydrogen-bond donors (Lipinski definition) is 0. The van der Waals surface area contributed by atoms with Crippen molar-refractivity contribution in [2.24, 2.45) is 0 Å². The van der Waals surface area contributed by atoms with Crippen LogP contribution in [0.1, 0.15) is 0 Å². The number of rotatable bonds is 5. The van der Waals surface area contributed by atoms with Crippen LogP contribution in [0.2, 0.25) is 0 Å². The average Bonchev–Trinajstić information content (AvgIpc) is 2.84. The van der Waals surface area contributed by atoms with Crippen LogP contribution in [0.15, 0.2) is 121 Å². The molecule has 0 saturated heterocycles. The van der Waals surface area contributed by atoms with E-state index in [1.165, 1.54) is 13.2 Å². The molecule has 0 saturated carbocycles. The Kier molecular flexibility index (Phi) is 6.73. The van der Waals surface area contributed by atoms with Gasteiger partial charge in [-0.1, -0.05) is 0 Å². The first kappa shape index (κ1) is 20.9. The molecule has 4 heteroatoms. The summed E-state index contributed by atoms with van der Waals surface area (Å²) in [5.74, 6) is 0. The monoisotopic (exact) mass is 487 g/mol. The van der Waals surface area contributed by atoms with Crippen LogP contribution < -0.4 is 18.1 Å². The van der Waals surface area contributed by atoms with E-state index in [-0.39, 0.29) is 0 Å². The maximum atomic E-state index is 6.04. The third-order valence-electron chi connectivity index (χ3n) is 5.20. The molecule has 0 spiro atoms. The third kappa shape index (κ3) is 4.24. The van der Waals surface area contributed by atoms with Crippen molar-refractivity contribution in [1.82, 2.24) is 0 Å². The fourth-order valence-electron chi connectivity index (χ4n) is 3.65. The molecule has 0 radical (unpaired) electrons. The Balaban J connectivity index is 1.88. The maximum absolute atomic E-state index is 6.04. The van der Waals surface area contributed by atoms with E-state index in [4.69, 9.17) is 12.2 Å². The standard InChI is InChI=1S/C26H23GeNS2/c1-28(25-20-12-5-13-21-25)26(29)30-27(22-14-6-2-7-15-22,23-16-8-3-9-17-23)24-18-10-4-11-19-24/h2-21H,1H3. The van der Waals surface area contributed by atoms with Crippen LogP contribution >= 0.6 is 22.3 Å². The van der Waals surface area contributed by atoms with Gasteiger partial charge in [-0.3, -0.25) is 0 Å². The molecule has 0 bridgehead atoms. The molecule has 1 nitrogen and oxygen atoms in total. The van der Waals surface area contributed by atoms with Crippen molar-refractivity contribution < 1.29 is 0 Å². The molecule has 0 aliphatic carbocycles. The summed E-state index contributed by atoms with van der Waals surface area (Å²) in [4.78, 5) is 2.13. The van der Waals surface area contributed by atoms with E-state index in [2.05, 4.69) is 127 Å². The van der Waals surface area contributed by atoms with Gasteiger partial charge in [-0.05, 0) is 0 Å². The Labute approximate surface area is 190 Å². The van der Waals surface area contributed by atoms with Gasteiger partial charge in [0.1, 0.15) is 0 Å². The number of thiocarbonyl (C=S) groups is 1. The second-order valence-electron chi connectivity index (χ2n) is 7.04. The normalized spacial score (nSPS) is 11.1. The summed E-state index contributed by atoms with van der Waals surface area (Å²) in [5.41, 5.74) is 1.11. The molecule has 0 atom stereocenters. The summed E-state index contributed by atoms with van der Waals surface area (Å²) in [6.45, 7) is 0. The fourth-order valence-corrected chi connectivity index (χ4v) is 19.7. The van der Waals surface area contributed by atoms with Gasteiger partial charge in [0.25, 0.3) is 0 Å². The quantitative estimate of drug-likeness (QED) is 0.295. The fraction of sp³-hybridized carbons (Fsp3) is 0.0385. The van der Waals surface area contributed by atoms with Crippen molar-refractivity contribution >= 4 is 57.6 Å². The topological polar surface area (TPSA) is 3.24 Å². The van der Waals surface area contributed by atoms with Gasteiger partial charge in [0.05, 0.1) is 0 Å². The molecule has 0 N–H and O–H groups in total. The van der Waals surface area contributed by atoms with Crippen molar-refractivity contribution in [2.45, 2.75) is 0 Å². The zero-order valence-electron chi connectivity index (χ0n) is 16.8. The first-order valence-corrected chi connectivity index (χ1v) is 16.8. The van der Waals surface area contributed by atoms with Gasteiger partial charge in [0.15, 0.2) is 0 Å². The second-order valence-corrected chi connectivity index (χ2v) is 19.2. The Bertz CT molecular complexity index is 990. The van der Waals surface area contributed by atoms with E-state index >= 15 is 0 Å². The van der Waals surface area contributed by atoms with Crippen LogP contribution in [0.3, 0.4) is 0 Å². The van der Waals surface area contributed by atoms with Crippen molar-refractivity contribution in [3.05, 3.63) is 121 Å². The summed E-state index contributed by atoms with van der Waals surface area (Å²) in [6, 6.07) is 43.1. The Morgan fingerprint density at radius 2 is 0.933 bits per heavy atom. The number of para-hydroxylation sites is 1. The van der Waals surface area contributed by atoms with Crippen molar-refractivity contribution in [2.75, 3.05) is 11.9 Å². The van der Waals surface area contributed by atoms with E-state index in [0.717, 1.165) is 10.0 Å². The van der Waals surface area contributed by atoms with Gasteiger partial charge in [-0.2, -0.15) is 0 Å². The molecule has 0 amide bonds. The minimum absolute atomic E-state index is 0.901. The molecular weight excluding hydrogens is 463 g/mol. The summed E-state index contributed by atoms with van der Waals surface area (Å²) in [6.07, 6.45) is 0. The first-order chi connectivity index (χ1) is 14.7. The van der Waals surface area contributed by atoms with Crippen molar-refractivity contribution in [3.63, 3.8) is 0 Å². The van der Waals surface area contributed by atoms with Gasteiger partial charge in [-0.15, -0.1) is 0 Å². The summed E-state index contributed by atoms with van der Waals surface area (Å²) < 4.78 is 5.08. The van der Waals surface area contributed by atoms with Crippen LogP contribution in [0.25, 0.3) is 0 Å². The molecule has 0 aromatic heterocycles. The molecule has 30 heavy (non-hydrogen) atoms. The first-order valence-electron chi connectivity index (χ1n) is 9.90. The molecule has 0 unspecified atom stereocenters. The van der Waals surface area contributed by atoms with Gasteiger partial charge >= 0.3 is 191 Å². The molecule has 0 aliphatic rings. The van der Waals surface area contributed by atoms with E-state index in [0.29, 0.717) is 0 Å². The number of benzene rings is 4. The van der Waals surface area contributed by atoms with Crippen LogP contribution in [0, 0.1) is 0 Å². The minimum atomic E-state index is -3.15. The van der Waals surface area contributed by atoms with Crippen LogP contribution in [0.5, 0.6) is 0 Å². The number of nitrogens with zero attached hydrogens (tertiary/aromatic N) is 1. The third-order valence-corrected chi connectivity index (χ3v) is 21.4. The molecule has 4 aromatic carbocycles. The number of hydrogen-bond acceptors (Lipinski definition) is 2. The Hall–Kier alpha value is -2.34. The Morgan fingerprint density at radius 3 is 1.30 bits per heavy atom. The van der Waals surface area contributed by atoms with Crippen LogP contribution in [-0.4, -0.2) is 23.5 Å². The molecule has 0 fully saturated rings. The Morgan fingerprint density at radius 1 is 0.600 bits per heavy atom. The molecule has 148 valence electrons. The summed E-state index contributed by atoms with van der Waals surface area (Å²) >= 11 is 2.90. The van der Waals surface area contributed by atoms with E-state index in [1.807, 2.05) is 16.2 Å². The second kappa shape index (κ2) is 9.65. The molecule has 0 heterocycles. The number of anilines is 1. The molecule has 0 aliphatic heterocycles. The van der Waals surface area contributed by atoms with Gasteiger partial charge < -0.3 is 0 Å². The molecule has 4 rings (SSSR count). The van der Waals surface area contributed by atoms with Gasteiger partial charge in [0.2, 0.25) is 0 Å².